The minimum Gasteiger partial charge on any atom is -0.483 e. The number of carbonyl (C=O) groups is 3. The van der Waals surface area contributed by atoms with E-state index in [0.29, 0.717) is 11.8 Å². The van der Waals surface area contributed by atoms with Crippen molar-refractivity contribution < 1.29 is 38.5 Å². The fraction of sp³-hybridized carbons (Fsp3) is 0.419. The Labute approximate surface area is 353 Å². The molecule has 318 valence electrons. The van der Waals surface area contributed by atoms with Crippen LogP contribution in [0.25, 0.3) is 0 Å². The predicted octanol–water partition coefficient (Wildman–Crippen LogP) is 9.87. The van der Waals surface area contributed by atoms with Crippen LogP contribution in [0.4, 0.5) is 31.8 Å². The number of nitrogens with one attached hydrogen (secondary N) is 4. The lowest BCUT2D eigenvalue weighted by Crippen LogP contribution is -2.27. The molecule has 2 aromatic carbocycles. The van der Waals surface area contributed by atoms with Crippen molar-refractivity contribution in [3.63, 3.8) is 0 Å². The number of nitrogens with zero attached hydrogens (tertiary/aromatic N) is 2. The summed E-state index contributed by atoms with van der Waals surface area (Å²) < 4.78 is 26.6. The molecular formula is C43H52Cl2F2N6O6. The van der Waals surface area contributed by atoms with Crippen LogP contribution in [0.15, 0.2) is 60.9 Å². The molecule has 8 rings (SSSR count). The van der Waals surface area contributed by atoms with Gasteiger partial charge in [-0.25, -0.2) is 18.7 Å². The van der Waals surface area contributed by atoms with Gasteiger partial charge < -0.3 is 36.6 Å². The minimum atomic E-state index is -0.410. The molecule has 0 aliphatic heterocycles. The van der Waals surface area contributed by atoms with Gasteiger partial charge in [0.1, 0.15) is 23.3 Å². The van der Waals surface area contributed by atoms with Gasteiger partial charge in [-0.1, -0.05) is 36.0 Å². The van der Waals surface area contributed by atoms with Crippen LogP contribution in [0.5, 0.6) is 0 Å². The second-order valence-electron chi connectivity index (χ2n) is 14.8. The summed E-state index contributed by atoms with van der Waals surface area (Å²) >= 11 is 11.7. The summed E-state index contributed by atoms with van der Waals surface area (Å²) in [6.45, 7) is 3.24. The van der Waals surface area contributed by atoms with Crippen molar-refractivity contribution in [2.75, 3.05) is 23.7 Å². The van der Waals surface area contributed by atoms with Crippen LogP contribution in [-0.2, 0) is 27.5 Å². The molecule has 16 heteroatoms. The van der Waals surface area contributed by atoms with Crippen molar-refractivity contribution >= 4 is 65.6 Å². The van der Waals surface area contributed by atoms with Crippen LogP contribution in [0.1, 0.15) is 98.3 Å². The van der Waals surface area contributed by atoms with Gasteiger partial charge in [-0.05, 0) is 159 Å². The lowest BCUT2D eigenvalue weighted by molar-refractivity contribution is -0.123. The zero-order chi connectivity index (χ0) is 42.6. The molecule has 0 saturated heterocycles. The quantitative estimate of drug-likeness (QED) is 0.0597. The Kier molecular flexibility index (Phi) is 19.7. The molecule has 4 aliphatic rings. The van der Waals surface area contributed by atoms with Crippen molar-refractivity contribution in [1.29, 1.82) is 0 Å². The standard InChI is InChI=1S/2C20H23ClFN3.3CH2O2/c2*21-18-8-16(6-7-19(18)22)25-20-9-17(14-4-5-14)15(12-24-20)11-23-10-13-2-1-3-13;3*2-1-3/h2*6-9,12-14,23H,1-5,10-11H2,(H,24,25);3*1H,(H,2,3). The van der Waals surface area contributed by atoms with Gasteiger partial charge in [0.05, 0.1) is 10.0 Å². The molecule has 0 spiro atoms. The minimum absolute atomic E-state index is 0.115. The van der Waals surface area contributed by atoms with Gasteiger partial charge in [0.15, 0.2) is 0 Å². The first kappa shape index (κ1) is 46.8. The predicted molar refractivity (Wildman–Crippen MR) is 226 cm³/mol. The summed E-state index contributed by atoms with van der Waals surface area (Å²) in [7, 11) is 0. The maximum Gasteiger partial charge on any atom is 0.290 e. The average molecular weight is 858 g/mol. The van der Waals surface area contributed by atoms with Gasteiger partial charge >= 0.3 is 0 Å². The van der Waals surface area contributed by atoms with E-state index in [1.165, 1.54) is 98.6 Å². The van der Waals surface area contributed by atoms with Gasteiger partial charge in [-0.2, -0.15) is 0 Å². The third kappa shape index (κ3) is 16.0. The van der Waals surface area contributed by atoms with Gasteiger partial charge in [0.2, 0.25) is 0 Å². The van der Waals surface area contributed by atoms with E-state index in [-0.39, 0.29) is 29.5 Å². The second-order valence-corrected chi connectivity index (χ2v) is 15.6. The molecule has 59 heavy (non-hydrogen) atoms. The molecule has 4 aliphatic carbocycles. The van der Waals surface area contributed by atoms with Crippen LogP contribution in [0.2, 0.25) is 10.0 Å². The fourth-order valence-corrected chi connectivity index (χ4v) is 7.00. The zero-order valence-electron chi connectivity index (χ0n) is 32.7. The van der Waals surface area contributed by atoms with Crippen molar-refractivity contribution in [3.8, 4) is 0 Å². The summed E-state index contributed by atoms with van der Waals surface area (Å²) in [6.07, 6.45) is 17.2. The van der Waals surface area contributed by atoms with E-state index < -0.39 is 11.6 Å². The maximum absolute atomic E-state index is 13.3. The molecule has 7 N–H and O–H groups in total. The molecule has 12 nitrogen and oxygen atoms in total. The molecule has 0 bridgehead atoms. The van der Waals surface area contributed by atoms with E-state index in [1.54, 1.807) is 24.3 Å². The maximum atomic E-state index is 13.3. The summed E-state index contributed by atoms with van der Waals surface area (Å²) in [4.78, 5) is 34.2. The first-order valence-electron chi connectivity index (χ1n) is 19.7. The monoisotopic (exact) mass is 856 g/mol. The third-order valence-corrected chi connectivity index (χ3v) is 11.0. The Hall–Kier alpha value is -4.89. The highest BCUT2D eigenvalue weighted by molar-refractivity contribution is 6.31. The largest absolute Gasteiger partial charge is 0.483 e. The number of rotatable bonds is 14. The van der Waals surface area contributed by atoms with Crippen molar-refractivity contribution in [3.05, 3.63) is 105 Å². The molecule has 2 aromatic heterocycles. The first-order chi connectivity index (χ1) is 28.6. The topological polar surface area (TPSA) is 186 Å². The highest BCUT2D eigenvalue weighted by Gasteiger charge is 2.28. The van der Waals surface area contributed by atoms with Crippen LogP contribution in [0, 0.1) is 23.5 Å². The molecule has 2 heterocycles. The summed E-state index contributed by atoms with van der Waals surface area (Å²) in [5, 5.41) is 34.5. The fourth-order valence-electron chi connectivity index (χ4n) is 6.64. The Morgan fingerprint density at radius 1 is 0.593 bits per heavy atom. The van der Waals surface area contributed by atoms with Crippen LogP contribution in [-0.4, -0.2) is 57.8 Å². The number of hydrogen-bond acceptors (Lipinski definition) is 9. The molecule has 4 fully saturated rings. The Morgan fingerprint density at radius 2 is 0.949 bits per heavy atom. The van der Waals surface area contributed by atoms with Gasteiger partial charge in [0.25, 0.3) is 19.4 Å². The van der Waals surface area contributed by atoms with E-state index >= 15 is 0 Å². The lowest BCUT2D eigenvalue weighted by atomic mass is 9.85. The van der Waals surface area contributed by atoms with Crippen LogP contribution in [0.3, 0.4) is 0 Å². The van der Waals surface area contributed by atoms with Gasteiger partial charge in [0, 0.05) is 36.9 Å². The molecule has 0 radical (unpaired) electrons. The number of pyridine rings is 2. The first-order valence-corrected chi connectivity index (χ1v) is 20.4. The Morgan fingerprint density at radius 3 is 1.24 bits per heavy atom. The van der Waals surface area contributed by atoms with E-state index in [0.717, 1.165) is 61.0 Å². The molecule has 0 amide bonds. The smallest absolute Gasteiger partial charge is 0.290 e. The summed E-state index contributed by atoms with van der Waals surface area (Å²) in [6, 6.07) is 13.5. The van der Waals surface area contributed by atoms with Gasteiger partial charge in [-0.15, -0.1) is 0 Å². The van der Waals surface area contributed by atoms with Crippen LogP contribution < -0.4 is 21.3 Å². The van der Waals surface area contributed by atoms with Crippen LogP contribution >= 0.6 is 23.2 Å². The molecular weight excluding hydrogens is 805 g/mol. The highest BCUT2D eigenvalue weighted by atomic mass is 35.5. The van der Waals surface area contributed by atoms with E-state index in [1.807, 2.05) is 12.4 Å². The number of benzene rings is 2. The van der Waals surface area contributed by atoms with E-state index in [4.69, 9.17) is 52.9 Å². The van der Waals surface area contributed by atoms with E-state index in [9.17, 15) is 8.78 Å². The summed E-state index contributed by atoms with van der Waals surface area (Å²) in [5.74, 6) is 3.78. The number of carboxylic acid groups (broad SMARTS) is 3. The third-order valence-electron chi connectivity index (χ3n) is 10.4. The molecule has 0 unspecified atom stereocenters. The number of aromatic nitrogens is 2. The number of anilines is 4. The van der Waals surface area contributed by atoms with E-state index in [2.05, 4.69) is 43.4 Å². The number of halogens is 4. The van der Waals surface area contributed by atoms with Crippen molar-refractivity contribution in [1.82, 2.24) is 20.6 Å². The molecule has 4 aromatic rings. The SMILES string of the molecule is Fc1ccc(Nc2cc(C3CC3)c(CNCC3CCC3)cn2)cc1Cl.Fc1ccc(Nc2cc(C3CC3)c(CNCC3CCC3)cn2)cc1Cl.O=CO.O=CO.O=CO. The molecule has 4 saturated carbocycles. The van der Waals surface area contributed by atoms with Gasteiger partial charge in [-0.3, -0.25) is 14.4 Å². The Balaban J connectivity index is 0.000000218. The highest BCUT2D eigenvalue weighted by Crippen LogP contribution is 2.43. The number of hydrogen-bond donors (Lipinski definition) is 7. The Bertz CT molecular complexity index is 1800. The second kappa shape index (κ2) is 24.9. The van der Waals surface area contributed by atoms with Crippen molar-refractivity contribution in [2.24, 2.45) is 11.8 Å². The zero-order valence-corrected chi connectivity index (χ0v) is 34.2. The average Bonchev–Trinajstić information content (AvgIpc) is 4.11. The lowest BCUT2D eigenvalue weighted by Gasteiger charge is -2.25. The van der Waals surface area contributed by atoms with Crippen molar-refractivity contribution in [2.45, 2.75) is 89.1 Å². The summed E-state index contributed by atoms with van der Waals surface area (Å²) in [5.41, 5.74) is 6.85. The normalized spacial score (nSPS) is 15.3. The molecule has 0 atom stereocenters.